The van der Waals surface area contributed by atoms with E-state index in [1.165, 1.54) is 12.1 Å². The van der Waals surface area contributed by atoms with Gasteiger partial charge in [-0.15, -0.1) is 0 Å². The van der Waals surface area contributed by atoms with Crippen LogP contribution in [-0.2, 0) is 14.8 Å². The number of hydrogen-bond donors (Lipinski definition) is 1. The first-order valence-electron chi connectivity index (χ1n) is 6.82. The van der Waals surface area contributed by atoms with Crippen molar-refractivity contribution in [3.8, 4) is 6.07 Å². The minimum Gasteiger partial charge on any atom is -0.372 e. The van der Waals surface area contributed by atoms with Crippen molar-refractivity contribution in [2.45, 2.75) is 37.4 Å². The standard InChI is InChI=1S/C14H19N3O3S/c1-3-12-9-17(8-10(2)20-12)14-5-4-13(21(16,18)19)6-11(14)7-15/h4-6,10,12H,3,8-9H2,1-2H3,(H2,16,18,19). The summed E-state index contributed by atoms with van der Waals surface area (Å²) >= 11 is 0. The van der Waals surface area contributed by atoms with Gasteiger partial charge in [0, 0.05) is 13.1 Å². The molecule has 6 nitrogen and oxygen atoms in total. The molecule has 2 N–H and O–H groups in total. The Morgan fingerprint density at radius 1 is 1.48 bits per heavy atom. The van der Waals surface area contributed by atoms with Gasteiger partial charge in [0.15, 0.2) is 0 Å². The lowest BCUT2D eigenvalue weighted by molar-refractivity contribution is -0.0172. The molecular formula is C14H19N3O3S. The lowest BCUT2D eigenvalue weighted by Crippen LogP contribution is -2.46. The van der Waals surface area contributed by atoms with E-state index in [-0.39, 0.29) is 17.1 Å². The molecule has 1 heterocycles. The molecule has 0 amide bonds. The molecule has 1 saturated heterocycles. The number of hydrogen-bond acceptors (Lipinski definition) is 5. The maximum absolute atomic E-state index is 11.4. The van der Waals surface area contributed by atoms with Gasteiger partial charge in [-0.2, -0.15) is 5.26 Å². The van der Waals surface area contributed by atoms with E-state index in [1.807, 2.05) is 6.92 Å². The van der Waals surface area contributed by atoms with E-state index in [0.717, 1.165) is 12.1 Å². The van der Waals surface area contributed by atoms with Crippen molar-refractivity contribution in [1.29, 1.82) is 5.26 Å². The average molecular weight is 309 g/mol. The highest BCUT2D eigenvalue weighted by molar-refractivity contribution is 7.89. The van der Waals surface area contributed by atoms with Crippen LogP contribution in [0.1, 0.15) is 25.8 Å². The molecule has 0 spiro atoms. The number of nitrogens with zero attached hydrogens (tertiary/aromatic N) is 2. The number of nitrogens with two attached hydrogens (primary N) is 1. The summed E-state index contributed by atoms with van der Waals surface area (Å²) in [4.78, 5) is 2.02. The Hall–Kier alpha value is -1.62. The van der Waals surface area contributed by atoms with Crippen LogP contribution in [0.25, 0.3) is 0 Å². The van der Waals surface area contributed by atoms with Crippen LogP contribution in [0.4, 0.5) is 5.69 Å². The van der Waals surface area contributed by atoms with Crippen LogP contribution in [0.3, 0.4) is 0 Å². The molecule has 1 aromatic rings. The molecule has 114 valence electrons. The minimum absolute atomic E-state index is 0.0452. The van der Waals surface area contributed by atoms with E-state index in [2.05, 4.69) is 17.9 Å². The smallest absolute Gasteiger partial charge is 0.238 e. The van der Waals surface area contributed by atoms with Crippen molar-refractivity contribution in [3.05, 3.63) is 23.8 Å². The lowest BCUT2D eigenvalue weighted by Gasteiger charge is -2.38. The summed E-state index contributed by atoms with van der Waals surface area (Å²) in [6, 6.07) is 6.45. The van der Waals surface area contributed by atoms with Crippen LogP contribution in [0.5, 0.6) is 0 Å². The highest BCUT2D eigenvalue weighted by Crippen LogP contribution is 2.26. The number of sulfonamides is 1. The van der Waals surface area contributed by atoms with Gasteiger partial charge in [0.25, 0.3) is 0 Å². The third-order valence-corrected chi connectivity index (χ3v) is 4.45. The fourth-order valence-corrected chi connectivity index (χ4v) is 3.06. The second-order valence-electron chi connectivity index (χ2n) is 5.22. The van der Waals surface area contributed by atoms with Gasteiger partial charge in [-0.1, -0.05) is 6.92 Å². The number of primary sulfonamides is 1. The second-order valence-corrected chi connectivity index (χ2v) is 6.78. The Morgan fingerprint density at radius 3 is 2.76 bits per heavy atom. The lowest BCUT2D eigenvalue weighted by atomic mass is 10.1. The molecule has 1 fully saturated rings. The molecule has 0 saturated carbocycles. The van der Waals surface area contributed by atoms with Crippen molar-refractivity contribution in [1.82, 2.24) is 0 Å². The predicted octanol–water partition coefficient (Wildman–Crippen LogP) is 1.21. The molecule has 2 rings (SSSR count). The second kappa shape index (κ2) is 6.02. The predicted molar refractivity (Wildman–Crippen MR) is 79.4 cm³/mol. The summed E-state index contributed by atoms with van der Waals surface area (Å²) in [5.74, 6) is 0. The number of ether oxygens (including phenoxy) is 1. The van der Waals surface area contributed by atoms with Crippen molar-refractivity contribution < 1.29 is 13.2 Å². The van der Waals surface area contributed by atoms with Crippen molar-refractivity contribution in [2.75, 3.05) is 18.0 Å². The third-order valence-electron chi connectivity index (χ3n) is 3.54. The molecular weight excluding hydrogens is 290 g/mol. The van der Waals surface area contributed by atoms with E-state index in [9.17, 15) is 13.7 Å². The summed E-state index contributed by atoms with van der Waals surface area (Å²) in [7, 11) is -3.80. The fraction of sp³-hybridized carbons (Fsp3) is 0.500. The molecule has 1 aromatic carbocycles. The number of morpholine rings is 1. The van der Waals surface area contributed by atoms with Crippen LogP contribution in [0.2, 0.25) is 0 Å². The van der Waals surface area contributed by atoms with Gasteiger partial charge < -0.3 is 9.64 Å². The zero-order valence-electron chi connectivity index (χ0n) is 12.1. The van der Waals surface area contributed by atoms with E-state index in [1.54, 1.807) is 6.07 Å². The van der Waals surface area contributed by atoms with E-state index in [4.69, 9.17) is 9.88 Å². The summed E-state index contributed by atoms with van der Waals surface area (Å²) in [5, 5.41) is 14.4. The van der Waals surface area contributed by atoms with Crippen LogP contribution in [-0.4, -0.2) is 33.7 Å². The zero-order chi connectivity index (χ0) is 15.6. The van der Waals surface area contributed by atoms with Crippen molar-refractivity contribution in [2.24, 2.45) is 5.14 Å². The SMILES string of the molecule is CCC1CN(c2ccc(S(N)(=O)=O)cc2C#N)CC(C)O1. The first-order chi connectivity index (χ1) is 9.85. The maximum atomic E-state index is 11.4. The summed E-state index contributed by atoms with van der Waals surface area (Å²) < 4.78 is 28.5. The topological polar surface area (TPSA) is 96.4 Å². The largest absolute Gasteiger partial charge is 0.372 e. The molecule has 0 radical (unpaired) electrons. The van der Waals surface area contributed by atoms with Gasteiger partial charge in [0.2, 0.25) is 10.0 Å². The van der Waals surface area contributed by atoms with Gasteiger partial charge in [-0.05, 0) is 31.5 Å². The van der Waals surface area contributed by atoms with Crippen molar-refractivity contribution >= 4 is 15.7 Å². The first kappa shape index (κ1) is 15.8. The van der Waals surface area contributed by atoms with Gasteiger partial charge >= 0.3 is 0 Å². The number of benzene rings is 1. The first-order valence-corrected chi connectivity index (χ1v) is 8.37. The van der Waals surface area contributed by atoms with Gasteiger partial charge in [0.1, 0.15) is 6.07 Å². The monoisotopic (exact) mass is 309 g/mol. The maximum Gasteiger partial charge on any atom is 0.238 e. The Balaban J connectivity index is 2.38. The molecule has 7 heteroatoms. The highest BCUT2D eigenvalue weighted by atomic mass is 32.2. The van der Waals surface area contributed by atoms with Crippen molar-refractivity contribution in [3.63, 3.8) is 0 Å². The molecule has 0 aromatic heterocycles. The Morgan fingerprint density at radius 2 is 2.19 bits per heavy atom. The fourth-order valence-electron chi connectivity index (χ4n) is 2.52. The number of nitriles is 1. The summed E-state index contributed by atoms with van der Waals surface area (Å²) in [5.41, 5.74) is 1.03. The Bertz CT molecular complexity index is 667. The highest BCUT2D eigenvalue weighted by Gasteiger charge is 2.26. The molecule has 2 unspecified atom stereocenters. The average Bonchev–Trinajstić information content (AvgIpc) is 2.44. The van der Waals surface area contributed by atoms with Gasteiger partial charge in [0.05, 0.1) is 28.4 Å². The molecule has 1 aliphatic rings. The molecule has 21 heavy (non-hydrogen) atoms. The van der Waals surface area contributed by atoms with E-state index in [0.29, 0.717) is 18.7 Å². The van der Waals surface area contributed by atoms with Crippen LogP contribution >= 0.6 is 0 Å². The summed E-state index contributed by atoms with van der Waals surface area (Å²) in [6.07, 6.45) is 1.06. The normalized spacial score (nSPS) is 22.9. The van der Waals surface area contributed by atoms with Gasteiger partial charge in [-0.25, -0.2) is 13.6 Å². The Labute approximate surface area is 125 Å². The van der Waals surface area contributed by atoms with E-state index < -0.39 is 10.0 Å². The van der Waals surface area contributed by atoms with E-state index >= 15 is 0 Å². The van der Waals surface area contributed by atoms with Crippen LogP contribution in [0, 0.1) is 11.3 Å². The number of anilines is 1. The minimum atomic E-state index is -3.80. The summed E-state index contributed by atoms with van der Waals surface area (Å²) in [6.45, 7) is 5.39. The molecule has 0 bridgehead atoms. The molecule has 2 atom stereocenters. The Kier molecular flexibility index (Phi) is 4.52. The van der Waals surface area contributed by atoms with Crippen LogP contribution < -0.4 is 10.0 Å². The van der Waals surface area contributed by atoms with Gasteiger partial charge in [-0.3, -0.25) is 0 Å². The number of rotatable bonds is 3. The quantitative estimate of drug-likeness (QED) is 0.905. The third kappa shape index (κ3) is 3.53. The van der Waals surface area contributed by atoms with Crippen LogP contribution in [0.15, 0.2) is 23.1 Å². The zero-order valence-corrected chi connectivity index (χ0v) is 12.9. The molecule has 1 aliphatic heterocycles. The molecule has 0 aliphatic carbocycles.